The molecule has 2 N–H and O–H groups in total. The van der Waals surface area contributed by atoms with E-state index in [9.17, 15) is 0 Å². The van der Waals surface area contributed by atoms with Gasteiger partial charge in [-0.05, 0) is 13.0 Å². The molecule has 0 atom stereocenters. The zero-order valence-electron chi connectivity index (χ0n) is 6.65. The zero-order valence-corrected chi connectivity index (χ0v) is 7.40. The standard InChI is InChI=1S/C7H17ClN2/c1-2-5-10(6-3-8)7-4-9/h2-7,9H2,1H3. The van der Waals surface area contributed by atoms with Gasteiger partial charge >= 0.3 is 0 Å². The van der Waals surface area contributed by atoms with Gasteiger partial charge in [0.15, 0.2) is 0 Å². The number of halogens is 1. The maximum Gasteiger partial charge on any atom is 0.0351 e. The summed E-state index contributed by atoms with van der Waals surface area (Å²) in [5.74, 6) is 0.708. The summed E-state index contributed by atoms with van der Waals surface area (Å²) in [6.07, 6.45) is 1.18. The Balaban J connectivity index is 3.30. The van der Waals surface area contributed by atoms with Crippen molar-refractivity contribution in [3.05, 3.63) is 0 Å². The Morgan fingerprint density at radius 3 is 2.40 bits per heavy atom. The first kappa shape index (κ1) is 10.2. The molecular formula is C7H17ClN2. The van der Waals surface area contributed by atoms with E-state index in [-0.39, 0.29) is 0 Å². The largest absolute Gasteiger partial charge is 0.329 e. The zero-order chi connectivity index (χ0) is 7.82. The maximum absolute atomic E-state index is 5.59. The van der Waals surface area contributed by atoms with Crippen LogP contribution in [0.5, 0.6) is 0 Å². The molecule has 0 heterocycles. The lowest BCUT2D eigenvalue weighted by Gasteiger charge is -2.18. The molecule has 10 heavy (non-hydrogen) atoms. The molecular weight excluding hydrogens is 148 g/mol. The summed E-state index contributed by atoms with van der Waals surface area (Å²) in [5, 5.41) is 0. The molecule has 0 amide bonds. The number of nitrogens with zero attached hydrogens (tertiary/aromatic N) is 1. The van der Waals surface area contributed by atoms with Crippen molar-refractivity contribution in [2.45, 2.75) is 13.3 Å². The van der Waals surface area contributed by atoms with Gasteiger partial charge in [-0.25, -0.2) is 0 Å². The number of alkyl halides is 1. The van der Waals surface area contributed by atoms with E-state index >= 15 is 0 Å². The van der Waals surface area contributed by atoms with Gasteiger partial charge in [-0.3, -0.25) is 0 Å². The van der Waals surface area contributed by atoms with Crippen LogP contribution >= 0.6 is 11.6 Å². The smallest absolute Gasteiger partial charge is 0.0351 e. The fourth-order valence-corrected chi connectivity index (χ4v) is 1.19. The van der Waals surface area contributed by atoms with E-state index in [0.29, 0.717) is 5.88 Å². The quantitative estimate of drug-likeness (QED) is 0.591. The van der Waals surface area contributed by atoms with Crippen LogP contribution < -0.4 is 5.73 Å². The molecule has 0 radical (unpaired) electrons. The van der Waals surface area contributed by atoms with Crippen LogP contribution in [0.1, 0.15) is 13.3 Å². The van der Waals surface area contributed by atoms with Gasteiger partial charge in [0.2, 0.25) is 0 Å². The van der Waals surface area contributed by atoms with Crippen molar-refractivity contribution in [2.75, 3.05) is 32.1 Å². The van der Waals surface area contributed by atoms with Crippen molar-refractivity contribution in [1.29, 1.82) is 0 Å². The normalized spacial score (nSPS) is 10.8. The number of nitrogens with two attached hydrogens (primary N) is 1. The van der Waals surface area contributed by atoms with E-state index in [1.165, 1.54) is 6.42 Å². The van der Waals surface area contributed by atoms with Gasteiger partial charge in [-0.1, -0.05) is 6.92 Å². The third kappa shape index (κ3) is 5.03. The Labute approximate surface area is 68.3 Å². The highest BCUT2D eigenvalue weighted by molar-refractivity contribution is 6.18. The van der Waals surface area contributed by atoms with Crippen LogP contribution in [0.4, 0.5) is 0 Å². The van der Waals surface area contributed by atoms with E-state index in [4.69, 9.17) is 17.3 Å². The van der Waals surface area contributed by atoms with Crippen LogP contribution in [-0.2, 0) is 0 Å². The predicted octanol–water partition coefficient (Wildman–Crippen LogP) is 0.896. The molecule has 0 aliphatic carbocycles. The minimum atomic E-state index is 0.708. The predicted molar refractivity (Wildman–Crippen MR) is 46.5 cm³/mol. The third-order valence-corrected chi connectivity index (χ3v) is 1.55. The summed E-state index contributed by atoms with van der Waals surface area (Å²) in [4.78, 5) is 2.28. The molecule has 3 heteroatoms. The molecule has 2 nitrogen and oxygen atoms in total. The molecule has 0 fully saturated rings. The van der Waals surface area contributed by atoms with Gasteiger partial charge < -0.3 is 10.6 Å². The lowest BCUT2D eigenvalue weighted by Crippen LogP contribution is -2.31. The summed E-state index contributed by atoms with van der Waals surface area (Å²) >= 11 is 5.59. The topological polar surface area (TPSA) is 29.3 Å². The van der Waals surface area contributed by atoms with Crippen LogP contribution in [0, 0.1) is 0 Å². The summed E-state index contributed by atoms with van der Waals surface area (Å²) in [6, 6.07) is 0. The van der Waals surface area contributed by atoms with Crippen molar-refractivity contribution >= 4 is 11.6 Å². The van der Waals surface area contributed by atoms with Crippen molar-refractivity contribution in [1.82, 2.24) is 4.90 Å². The lowest BCUT2D eigenvalue weighted by molar-refractivity contribution is 0.298. The van der Waals surface area contributed by atoms with Gasteiger partial charge in [0.25, 0.3) is 0 Å². The molecule has 0 aromatic heterocycles. The van der Waals surface area contributed by atoms with E-state index in [1.54, 1.807) is 0 Å². The van der Waals surface area contributed by atoms with Crippen LogP contribution in [-0.4, -0.2) is 37.0 Å². The molecule has 0 bridgehead atoms. The van der Waals surface area contributed by atoms with Crippen LogP contribution in [0.15, 0.2) is 0 Å². The fourth-order valence-electron chi connectivity index (χ4n) is 0.954. The Hall–Kier alpha value is 0.210. The minimum absolute atomic E-state index is 0.708. The lowest BCUT2D eigenvalue weighted by atomic mass is 10.4. The summed E-state index contributed by atoms with van der Waals surface area (Å²) in [5.41, 5.74) is 5.41. The van der Waals surface area contributed by atoms with E-state index in [2.05, 4.69) is 11.8 Å². The Morgan fingerprint density at radius 2 is 2.00 bits per heavy atom. The Morgan fingerprint density at radius 1 is 1.30 bits per heavy atom. The highest BCUT2D eigenvalue weighted by Gasteiger charge is 1.99. The average Bonchev–Trinajstić information content (AvgIpc) is 1.90. The minimum Gasteiger partial charge on any atom is -0.329 e. The summed E-state index contributed by atoms with van der Waals surface area (Å²) in [7, 11) is 0. The van der Waals surface area contributed by atoms with Gasteiger partial charge in [-0.2, -0.15) is 0 Å². The first-order chi connectivity index (χ1) is 4.85. The van der Waals surface area contributed by atoms with Crippen molar-refractivity contribution in [2.24, 2.45) is 5.73 Å². The van der Waals surface area contributed by atoms with Crippen LogP contribution in [0.3, 0.4) is 0 Å². The van der Waals surface area contributed by atoms with Gasteiger partial charge in [0.1, 0.15) is 0 Å². The van der Waals surface area contributed by atoms with Gasteiger partial charge in [-0.15, -0.1) is 11.6 Å². The van der Waals surface area contributed by atoms with Crippen molar-refractivity contribution in [3.8, 4) is 0 Å². The second-order valence-electron chi connectivity index (χ2n) is 2.32. The summed E-state index contributed by atoms with van der Waals surface area (Å²) in [6.45, 7) is 5.95. The molecule has 0 rings (SSSR count). The Bertz CT molecular complexity index is 54.4. The summed E-state index contributed by atoms with van der Waals surface area (Å²) < 4.78 is 0. The Kier molecular flexibility index (Phi) is 7.47. The van der Waals surface area contributed by atoms with Crippen LogP contribution in [0.2, 0.25) is 0 Å². The molecule has 0 aromatic carbocycles. The van der Waals surface area contributed by atoms with Crippen molar-refractivity contribution < 1.29 is 0 Å². The molecule has 0 saturated heterocycles. The number of hydrogen-bond donors (Lipinski definition) is 1. The SMILES string of the molecule is CCCN(CCN)CCCl. The first-order valence-electron chi connectivity index (χ1n) is 3.83. The van der Waals surface area contributed by atoms with E-state index in [1.807, 2.05) is 0 Å². The van der Waals surface area contributed by atoms with Crippen LogP contribution in [0.25, 0.3) is 0 Å². The number of hydrogen-bond acceptors (Lipinski definition) is 2. The molecule has 0 aliphatic heterocycles. The second kappa shape index (κ2) is 7.32. The van der Waals surface area contributed by atoms with E-state index in [0.717, 1.165) is 26.2 Å². The molecule has 62 valence electrons. The molecule has 0 aromatic rings. The van der Waals surface area contributed by atoms with E-state index < -0.39 is 0 Å². The monoisotopic (exact) mass is 164 g/mol. The molecule has 0 unspecified atom stereocenters. The second-order valence-corrected chi connectivity index (χ2v) is 2.70. The van der Waals surface area contributed by atoms with Crippen molar-refractivity contribution in [3.63, 3.8) is 0 Å². The highest BCUT2D eigenvalue weighted by Crippen LogP contribution is 1.90. The highest BCUT2D eigenvalue weighted by atomic mass is 35.5. The molecule has 0 spiro atoms. The maximum atomic E-state index is 5.59. The first-order valence-corrected chi connectivity index (χ1v) is 4.37. The van der Waals surface area contributed by atoms with Gasteiger partial charge in [0, 0.05) is 25.5 Å². The average molecular weight is 165 g/mol. The molecule has 0 saturated carbocycles. The van der Waals surface area contributed by atoms with Gasteiger partial charge in [0.05, 0.1) is 0 Å². The third-order valence-electron chi connectivity index (χ3n) is 1.39. The fraction of sp³-hybridized carbons (Fsp3) is 1.00. The number of rotatable bonds is 6. The molecule has 0 aliphatic rings.